The van der Waals surface area contributed by atoms with Gasteiger partial charge in [-0.2, -0.15) is 0 Å². The van der Waals surface area contributed by atoms with E-state index in [1.807, 2.05) is 19.1 Å². The molecule has 1 aromatic carbocycles. The van der Waals surface area contributed by atoms with Gasteiger partial charge in [0.05, 0.1) is 29.4 Å². The lowest BCUT2D eigenvalue weighted by atomic mass is 10.2. The van der Waals surface area contributed by atoms with Crippen molar-refractivity contribution in [1.82, 2.24) is 9.88 Å². The molecule has 0 aliphatic heterocycles. The first-order chi connectivity index (χ1) is 10.0. The van der Waals surface area contributed by atoms with E-state index in [4.69, 9.17) is 9.47 Å². The number of nitrogens with zero attached hydrogens (tertiary/aromatic N) is 2. The molecule has 0 aliphatic rings. The molecular weight excluding hydrogens is 352 g/mol. The van der Waals surface area contributed by atoms with Crippen molar-refractivity contribution in [1.29, 1.82) is 0 Å². The Morgan fingerprint density at radius 2 is 2.00 bits per heavy atom. The highest BCUT2D eigenvalue weighted by atomic mass is 79.9. The van der Waals surface area contributed by atoms with Crippen LogP contribution in [0.25, 0.3) is 0 Å². The van der Waals surface area contributed by atoms with Gasteiger partial charge in [0.15, 0.2) is 11.5 Å². The quantitative estimate of drug-likeness (QED) is 0.772. The van der Waals surface area contributed by atoms with Crippen LogP contribution in [0.1, 0.15) is 16.3 Å². The van der Waals surface area contributed by atoms with Crippen molar-refractivity contribution >= 4 is 27.3 Å². The first-order valence-electron chi connectivity index (χ1n) is 6.54. The third kappa shape index (κ3) is 3.96. The summed E-state index contributed by atoms with van der Waals surface area (Å²) in [6.45, 7) is 3.65. The average molecular weight is 371 g/mol. The predicted octanol–water partition coefficient (Wildman–Crippen LogP) is 3.86. The summed E-state index contributed by atoms with van der Waals surface area (Å²) in [6, 6.07) is 3.98. The molecular formula is C15H19BrN2O2S. The molecule has 2 aromatic rings. The number of methoxy groups -OCH3 is 2. The lowest BCUT2D eigenvalue weighted by Crippen LogP contribution is -2.18. The van der Waals surface area contributed by atoms with E-state index in [0.717, 1.165) is 45.3 Å². The highest BCUT2D eigenvalue weighted by molar-refractivity contribution is 9.10. The molecule has 0 atom stereocenters. The highest BCUT2D eigenvalue weighted by Crippen LogP contribution is 2.37. The molecule has 0 N–H and O–H groups in total. The van der Waals surface area contributed by atoms with Gasteiger partial charge in [0.25, 0.3) is 0 Å². The number of ether oxygens (including phenoxy) is 2. The molecule has 6 heteroatoms. The number of halogens is 1. The summed E-state index contributed by atoms with van der Waals surface area (Å²) in [5.41, 5.74) is 2.26. The summed E-state index contributed by atoms with van der Waals surface area (Å²) >= 11 is 5.29. The summed E-state index contributed by atoms with van der Waals surface area (Å²) in [7, 11) is 5.37. The zero-order valence-electron chi connectivity index (χ0n) is 12.6. The van der Waals surface area contributed by atoms with E-state index in [2.05, 4.69) is 38.2 Å². The maximum absolute atomic E-state index is 5.41. The number of benzene rings is 1. The summed E-state index contributed by atoms with van der Waals surface area (Å²) in [6.07, 6.45) is 0. The molecule has 0 saturated heterocycles. The molecule has 114 valence electrons. The standard InChI is InChI=1S/C15H19BrN2O2S/c1-10-17-12(9-21-10)8-18(2)7-11-5-6-13(19-3)15(20-4)14(11)16/h5-6,9H,7-8H2,1-4H3. The molecule has 4 nitrogen and oxygen atoms in total. The van der Waals surface area contributed by atoms with Crippen LogP contribution in [0.3, 0.4) is 0 Å². The molecule has 0 aliphatic carbocycles. The number of rotatable bonds is 6. The average Bonchev–Trinajstić information content (AvgIpc) is 2.85. The molecule has 1 heterocycles. The predicted molar refractivity (Wildman–Crippen MR) is 89.3 cm³/mol. The van der Waals surface area contributed by atoms with Crippen LogP contribution in [0.2, 0.25) is 0 Å². The van der Waals surface area contributed by atoms with Crippen molar-refractivity contribution in [2.75, 3.05) is 21.3 Å². The van der Waals surface area contributed by atoms with Crippen molar-refractivity contribution in [2.45, 2.75) is 20.0 Å². The minimum atomic E-state index is 0.728. The van der Waals surface area contributed by atoms with Gasteiger partial charge in [0.1, 0.15) is 0 Å². The zero-order valence-corrected chi connectivity index (χ0v) is 15.0. The molecule has 0 unspecified atom stereocenters. The summed E-state index contributed by atoms with van der Waals surface area (Å²) in [5.74, 6) is 1.46. The van der Waals surface area contributed by atoms with Gasteiger partial charge in [-0.15, -0.1) is 11.3 Å². The third-order valence-electron chi connectivity index (χ3n) is 3.10. The van der Waals surface area contributed by atoms with Gasteiger partial charge < -0.3 is 9.47 Å². The second kappa shape index (κ2) is 7.24. The highest BCUT2D eigenvalue weighted by Gasteiger charge is 2.14. The van der Waals surface area contributed by atoms with Gasteiger partial charge in [-0.05, 0) is 41.5 Å². The molecule has 0 saturated carbocycles. The van der Waals surface area contributed by atoms with Crippen LogP contribution in [-0.2, 0) is 13.1 Å². The maximum Gasteiger partial charge on any atom is 0.175 e. The fourth-order valence-electron chi connectivity index (χ4n) is 2.16. The van der Waals surface area contributed by atoms with E-state index in [0.29, 0.717) is 0 Å². The van der Waals surface area contributed by atoms with Crippen LogP contribution >= 0.6 is 27.3 Å². The van der Waals surface area contributed by atoms with Crippen LogP contribution in [0.15, 0.2) is 22.0 Å². The Kier molecular flexibility index (Phi) is 5.61. The zero-order chi connectivity index (χ0) is 15.4. The van der Waals surface area contributed by atoms with E-state index in [-0.39, 0.29) is 0 Å². The van der Waals surface area contributed by atoms with Crippen LogP contribution in [0.4, 0.5) is 0 Å². The third-order valence-corrected chi connectivity index (χ3v) is 4.80. The lowest BCUT2D eigenvalue weighted by Gasteiger charge is -2.18. The smallest absolute Gasteiger partial charge is 0.175 e. The van der Waals surface area contributed by atoms with Gasteiger partial charge in [-0.25, -0.2) is 4.98 Å². The van der Waals surface area contributed by atoms with Crippen LogP contribution in [0, 0.1) is 6.92 Å². The summed E-state index contributed by atoms with van der Waals surface area (Å²) in [5, 5.41) is 3.21. The second-order valence-corrected chi connectivity index (χ2v) is 6.66. The Labute approximate surface area is 137 Å². The van der Waals surface area contributed by atoms with E-state index in [9.17, 15) is 0 Å². The monoisotopic (exact) mass is 370 g/mol. The van der Waals surface area contributed by atoms with E-state index >= 15 is 0 Å². The fourth-order valence-corrected chi connectivity index (χ4v) is 3.37. The van der Waals surface area contributed by atoms with Gasteiger partial charge in [-0.1, -0.05) is 6.07 Å². The summed E-state index contributed by atoms with van der Waals surface area (Å²) in [4.78, 5) is 6.72. The van der Waals surface area contributed by atoms with Crippen molar-refractivity contribution < 1.29 is 9.47 Å². The molecule has 1 aromatic heterocycles. The van der Waals surface area contributed by atoms with Crippen LogP contribution < -0.4 is 9.47 Å². The van der Waals surface area contributed by atoms with Gasteiger partial charge >= 0.3 is 0 Å². The summed E-state index contributed by atoms with van der Waals surface area (Å²) < 4.78 is 11.6. The largest absolute Gasteiger partial charge is 0.493 e. The Morgan fingerprint density at radius 1 is 1.24 bits per heavy atom. The second-order valence-electron chi connectivity index (χ2n) is 4.80. The molecule has 0 fully saturated rings. The molecule has 0 amide bonds. The normalized spacial score (nSPS) is 11.0. The minimum absolute atomic E-state index is 0.728. The molecule has 0 bridgehead atoms. The van der Waals surface area contributed by atoms with Crippen molar-refractivity contribution in [3.05, 3.63) is 38.3 Å². The number of hydrogen-bond acceptors (Lipinski definition) is 5. The Hall–Kier alpha value is -1.11. The van der Waals surface area contributed by atoms with Crippen molar-refractivity contribution in [3.63, 3.8) is 0 Å². The van der Waals surface area contributed by atoms with Gasteiger partial charge in [0.2, 0.25) is 0 Å². The van der Waals surface area contributed by atoms with Gasteiger partial charge in [0, 0.05) is 18.5 Å². The van der Waals surface area contributed by atoms with Crippen LogP contribution in [0.5, 0.6) is 11.5 Å². The van der Waals surface area contributed by atoms with Crippen LogP contribution in [-0.4, -0.2) is 31.2 Å². The number of aryl methyl sites for hydroxylation is 1. The molecule has 21 heavy (non-hydrogen) atoms. The topological polar surface area (TPSA) is 34.6 Å². The van der Waals surface area contributed by atoms with Crippen molar-refractivity contribution in [3.8, 4) is 11.5 Å². The number of hydrogen-bond donors (Lipinski definition) is 0. The van der Waals surface area contributed by atoms with E-state index in [1.165, 1.54) is 0 Å². The first-order valence-corrected chi connectivity index (χ1v) is 8.21. The Balaban J connectivity index is 2.12. The van der Waals surface area contributed by atoms with E-state index in [1.54, 1.807) is 25.6 Å². The minimum Gasteiger partial charge on any atom is -0.493 e. The number of thiazole rings is 1. The lowest BCUT2D eigenvalue weighted by molar-refractivity contribution is 0.312. The Bertz CT molecular complexity index is 616. The van der Waals surface area contributed by atoms with Crippen molar-refractivity contribution in [2.24, 2.45) is 0 Å². The fraction of sp³-hybridized carbons (Fsp3) is 0.400. The number of aromatic nitrogens is 1. The maximum atomic E-state index is 5.41. The molecule has 0 radical (unpaired) electrons. The van der Waals surface area contributed by atoms with E-state index < -0.39 is 0 Å². The SMILES string of the molecule is COc1ccc(CN(C)Cc2csc(C)n2)c(Br)c1OC. The molecule has 0 spiro atoms. The first kappa shape index (κ1) is 16.3. The molecule has 2 rings (SSSR count). The van der Waals surface area contributed by atoms with Gasteiger partial charge in [-0.3, -0.25) is 4.90 Å². The Morgan fingerprint density at radius 3 is 2.57 bits per heavy atom.